The Balaban J connectivity index is -0.000000320. The molecule has 10 heavy (non-hydrogen) atoms. The van der Waals surface area contributed by atoms with Crippen LogP contribution in [-0.2, 0) is 0 Å². The first kappa shape index (κ1) is 13.0. The van der Waals surface area contributed by atoms with Gasteiger partial charge in [-0.05, 0) is 18.5 Å². The first-order valence-corrected chi connectivity index (χ1v) is 4.83. The molecule has 0 aromatic heterocycles. The minimum absolute atomic E-state index is 0. The van der Waals surface area contributed by atoms with Gasteiger partial charge >= 0.3 is 0 Å². The van der Waals surface area contributed by atoms with E-state index in [9.17, 15) is 0 Å². The Labute approximate surface area is 67.8 Å². The van der Waals surface area contributed by atoms with Crippen LogP contribution >= 0.6 is 9.24 Å². The van der Waals surface area contributed by atoms with Crippen molar-refractivity contribution in [2.45, 2.75) is 39.5 Å². The second-order valence-electron chi connectivity index (χ2n) is 2.82. The third-order valence-corrected chi connectivity index (χ3v) is 2.09. The van der Waals surface area contributed by atoms with Crippen LogP contribution in [0, 0.1) is 5.92 Å². The Morgan fingerprint density at radius 1 is 1.40 bits per heavy atom. The van der Waals surface area contributed by atoms with Crippen molar-refractivity contribution in [3.8, 4) is 0 Å². The van der Waals surface area contributed by atoms with E-state index in [1.165, 1.54) is 31.8 Å². The summed E-state index contributed by atoms with van der Waals surface area (Å²) < 4.78 is 0. The molecule has 2 unspecified atom stereocenters. The Morgan fingerprint density at radius 2 is 2.00 bits per heavy atom. The minimum atomic E-state index is 0. The highest BCUT2D eigenvalue weighted by Gasteiger charge is 1.97. The van der Waals surface area contributed by atoms with Crippen LogP contribution in [-0.4, -0.2) is 6.16 Å². The van der Waals surface area contributed by atoms with Crippen LogP contribution in [0.15, 0.2) is 0 Å². The largest absolute Gasteiger partial charge is 0.269 e. The molecule has 0 saturated carbocycles. The van der Waals surface area contributed by atoms with Gasteiger partial charge in [-0.15, -0.1) is 9.24 Å². The molecule has 0 heterocycles. The van der Waals surface area contributed by atoms with Gasteiger partial charge in [0.1, 0.15) is 0 Å². The summed E-state index contributed by atoms with van der Waals surface area (Å²) in [5, 5.41) is 0. The van der Waals surface area contributed by atoms with E-state index in [2.05, 4.69) is 23.1 Å². The molecule has 0 bridgehead atoms. The summed E-state index contributed by atoms with van der Waals surface area (Å²) in [5.74, 6) is 0.954. The standard InChI is InChI=1S/C8H19P.FH.H2/c1-3-5-8(2)6-4-7-9;;/h8H,3-7,9H2,1-2H3;2*1H/i;;1+1. The summed E-state index contributed by atoms with van der Waals surface area (Å²) in [7, 11) is 2.78. The van der Waals surface area contributed by atoms with E-state index in [1.807, 2.05) is 0 Å². The van der Waals surface area contributed by atoms with Crippen molar-refractivity contribution in [3.63, 3.8) is 0 Å². The van der Waals surface area contributed by atoms with Crippen molar-refractivity contribution >= 4 is 9.24 Å². The molecule has 0 saturated heterocycles. The fourth-order valence-corrected chi connectivity index (χ4v) is 1.34. The van der Waals surface area contributed by atoms with Crippen molar-refractivity contribution in [2.75, 3.05) is 6.16 Å². The lowest BCUT2D eigenvalue weighted by Gasteiger charge is -2.06. The zero-order valence-electron chi connectivity index (χ0n) is 7.10. The van der Waals surface area contributed by atoms with Crippen LogP contribution < -0.4 is 0 Å². The fourth-order valence-electron chi connectivity index (χ4n) is 1.10. The van der Waals surface area contributed by atoms with E-state index in [0.29, 0.717) is 0 Å². The Morgan fingerprint density at radius 3 is 2.40 bits per heavy atom. The lowest BCUT2D eigenvalue weighted by atomic mass is 10.0. The van der Waals surface area contributed by atoms with Gasteiger partial charge in [-0.25, -0.2) is 0 Å². The zero-order valence-corrected chi connectivity index (χ0v) is 8.25. The van der Waals surface area contributed by atoms with Gasteiger partial charge in [-0.3, -0.25) is 4.70 Å². The molecule has 0 rings (SSSR count). The van der Waals surface area contributed by atoms with E-state index in [1.54, 1.807) is 0 Å². The van der Waals surface area contributed by atoms with Crippen molar-refractivity contribution in [1.82, 2.24) is 0 Å². The zero-order chi connectivity index (χ0) is 7.11. The second kappa shape index (κ2) is 9.36. The molecular weight excluding hydrogens is 146 g/mol. The lowest BCUT2D eigenvalue weighted by molar-refractivity contribution is 0.482. The van der Waals surface area contributed by atoms with Crippen LogP contribution in [0.5, 0.6) is 0 Å². The SMILES string of the molecule is CCCC(C)CCCP.F.[2HH]. The van der Waals surface area contributed by atoms with E-state index in [-0.39, 0.29) is 6.13 Å². The highest BCUT2D eigenvalue weighted by Crippen LogP contribution is 2.12. The summed E-state index contributed by atoms with van der Waals surface area (Å²) in [4.78, 5) is 0. The van der Waals surface area contributed by atoms with Gasteiger partial charge in [0, 0.05) is 1.43 Å². The van der Waals surface area contributed by atoms with Gasteiger partial charge < -0.3 is 0 Å². The van der Waals surface area contributed by atoms with Crippen LogP contribution in [0.3, 0.4) is 0 Å². The monoisotopic (exact) mass is 169 g/mol. The molecular formula is C8H22FP. The Kier molecular flexibility index (Phi) is 12.2. The summed E-state index contributed by atoms with van der Waals surface area (Å²) in [6.07, 6.45) is 6.82. The van der Waals surface area contributed by atoms with Crippen molar-refractivity contribution < 1.29 is 6.13 Å². The topological polar surface area (TPSA) is 0 Å². The third-order valence-electron chi connectivity index (χ3n) is 1.68. The fraction of sp³-hybridized carbons (Fsp3) is 1.00. The maximum absolute atomic E-state index is 2.78. The van der Waals surface area contributed by atoms with E-state index in [0.717, 1.165) is 5.92 Å². The van der Waals surface area contributed by atoms with Crippen LogP contribution in [0.1, 0.15) is 41.0 Å². The molecule has 0 spiro atoms. The van der Waals surface area contributed by atoms with Crippen molar-refractivity contribution in [1.29, 1.82) is 0 Å². The van der Waals surface area contributed by atoms with Gasteiger partial charge in [0.15, 0.2) is 0 Å². The van der Waals surface area contributed by atoms with Crippen molar-refractivity contribution in [2.24, 2.45) is 5.92 Å². The molecule has 0 amide bonds. The van der Waals surface area contributed by atoms with E-state index in [4.69, 9.17) is 0 Å². The molecule has 0 fully saturated rings. The predicted octanol–water partition coefficient (Wildman–Crippen LogP) is 3.48. The summed E-state index contributed by atoms with van der Waals surface area (Å²) >= 11 is 0. The molecule has 0 aliphatic carbocycles. The third kappa shape index (κ3) is 8.36. The van der Waals surface area contributed by atoms with Gasteiger partial charge in [0.25, 0.3) is 0 Å². The molecule has 2 heteroatoms. The number of halogens is 1. The summed E-state index contributed by atoms with van der Waals surface area (Å²) in [6.45, 7) is 4.61. The normalized spacial score (nSPS) is 12.3. The molecule has 0 nitrogen and oxygen atoms in total. The molecule has 0 aliphatic rings. The van der Waals surface area contributed by atoms with E-state index < -0.39 is 0 Å². The average molecular weight is 169 g/mol. The molecule has 0 aromatic carbocycles. The highest BCUT2D eigenvalue weighted by molar-refractivity contribution is 7.16. The second-order valence-corrected chi connectivity index (χ2v) is 3.40. The molecule has 0 aliphatic heterocycles. The molecule has 66 valence electrons. The van der Waals surface area contributed by atoms with Gasteiger partial charge in [-0.1, -0.05) is 33.1 Å². The summed E-state index contributed by atoms with van der Waals surface area (Å²) in [5.41, 5.74) is 0. The van der Waals surface area contributed by atoms with Crippen molar-refractivity contribution in [3.05, 3.63) is 0 Å². The first-order chi connectivity index (χ1) is 4.31. The Hall–Kier alpha value is 0.360. The maximum Gasteiger partial charge on any atom is 0 e. The number of rotatable bonds is 5. The molecule has 0 N–H and O–H groups in total. The van der Waals surface area contributed by atoms with Gasteiger partial charge in [0.2, 0.25) is 0 Å². The van der Waals surface area contributed by atoms with Crippen LogP contribution in [0.4, 0.5) is 4.70 Å². The van der Waals surface area contributed by atoms with Crippen LogP contribution in [0.25, 0.3) is 0 Å². The van der Waals surface area contributed by atoms with Gasteiger partial charge in [-0.2, -0.15) is 0 Å². The predicted molar refractivity (Wildman–Crippen MR) is 52.5 cm³/mol. The molecule has 0 radical (unpaired) electrons. The van der Waals surface area contributed by atoms with Gasteiger partial charge in [0.05, 0.1) is 0 Å². The molecule has 0 aromatic rings. The lowest BCUT2D eigenvalue weighted by Crippen LogP contribution is -1.93. The smallest absolute Gasteiger partial charge is 0 e. The number of hydrogen-bond donors (Lipinski definition) is 0. The van der Waals surface area contributed by atoms with E-state index >= 15 is 0 Å². The average Bonchev–Trinajstić information content (AvgIpc) is 1.85. The maximum atomic E-state index is 2.78. The number of hydrogen-bond acceptors (Lipinski definition) is 0. The minimum Gasteiger partial charge on any atom is -0.269 e. The van der Waals surface area contributed by atoms with Crippen LogP contribution in [0.2, 0.25) is 0 Å². The molecule has 2 atom stereocenters. The Bertz CT molecular complexity index is 62.1. The quantitative estimate of drug-likeness (QED) is 0.553. The first-order valence-electron chi connectivity index (χ1n) is 4.01. The summed E-state index contributed by atoms with van der Waals surface area (Å²) in [6, 6.07) is 0. The highest BCUT2D eigenvalue weighted by atomic mass is 31.0.